The Bertz CT molecular complexity index is 1530. The molecule has 1 N–H and O–H groups in total. The second-order valence-corrected chi connectivity index (χ2v) is 13.3. The number of hydrogen-bond donors (Lipinski definition) is 1. The van der Waals surface area contributed by atoms with Crippen molar-refractivity contribution in [1.29, 1.82) is 0 Å². The normalized spacial score (nSPS) is 22.6. The Balaban J connectivity index is 1.36. The van der Waals surface area contributed by atoms with Crippen LogP contribution in [-0.2, 0) is 14.8 Å². The first kappa shape index (κ1) is 26.0. The molecule has 6 rings (SSSR count). The lowest BCUT2D eigenvalue weighted by molar-refractivity contribution is -0.0206. The minimum absolute atomic E-state index is 0.0449. The molecule has 2 aromatic carbocycles. The molecule has 3 aromatic rings. The van der Waals surface area contributed by atoms with Crippen LogP contribution < -0.4 is 9.46 Å². The van der Waals surface area contributed by atoms with E-state index >= 15 is 0 Å². The van der Waals surface area contributed by atoms with E-state index in [-0.39, 0.29) is 46.5 Å². The molecule has 13 heteroatoms. The summed E-state index contributed by atoms with van der Waals surface area (Å²) in [6.45, 7) is 7.20. The van der Waals surface area contributed by atoms with E-state index in [2.05, 4.69) is 19.0 Å². The summed E-state index contributed by atoms with van der Waals surface area (Å²) in [5, 5.41) is 0.172. The van der Waals surface area contributed by atoms with Gasteiger partial charge in [0.15, 0.2) is 0 Å². The minimum atomic E-state index is -3.90. The Hall–Kier alpha value is -3.29. The number of carbonyl (C=O) groups is 1. The third kappa shape index (κ3) is 4.83. The number of anilines is 1. The summed E-state index contributed by atoms with van der Waals surface area (Å²) in [5.41, 5.74) is 2.01. The zero-order valence-electron chi connectivity index (χ0n) is 21.6. The van der Waals surface area contributed by atoms with Crippen molar-refractivity contribution in [2.24, 2.45) is 0 Å². The van der Waals surface area contributed by atoms with Gasteiger partial charge in [-0.1, -0.05) is 12.1 Å². The summed E-state index contributed by atoms with van der Waals surface area (Å²) in [7, 11) is -3.90. The van der Waals surface area contributed by atoms with Crippen LogP contribution in [0.25, 0.3) is 0 Å². The van der Waals surface area contributed by atoms with Crippen molar-refractivity contribution in [3.05, 3.63) is 65.2 Å². The van der Waals surface area contributed by atoms with Crippen molar-refractivity contribution < 1.29 is 27.1 Å². The van der Waals surface area contributed by atoms with Crippen molar-refractivity contribution in [1.82, 2.24) is 19.2 Å². The number of sulfonamides is 1. The highest BCUT2D eigenvalue weighted by Crippen LogP contribution is 2.53. The van der Waals surface area contributed by atoms with Gasteiger partial charge in [-0.05, 0) is 50.1 Å². The number of rotatable bonds is 3. The minimum Gasteiger partial charge on any atom is -0.492 e. The molecule has 3 aliphatic rings. The molecule has 0 aliphatic carbocycles. The summed E-state index contributed by atoms with van der Waals surface area (Å²) >= 11 is 0.943. The van der Waals surface area contributed by atoms with Gasteiger partial charge in [-0.2, -0.15) is 4.37 Å². The van der Waals surface area contributed by atoms with E-state index in [0.717, 1.165) is 28.2 Å². The standard InChI is InChI=1S/C26H28FN5O5S2/c1-26(2,3)37-25(33)31-8-9-32-21(12-31)17-6-4-15(27)10-19(17)20-13-36-22-11-16(5-7-18(22)23(20)32)39(34,35)30-24-28-14-29-38-24/h4-7,10-11,14,20-21,23H,8-9,12-13H2,1-3H3,(H,28,29,30). The number of fused-ring (bicyclic) bond motifs is 8. The number of aromatic nitrogens is 2. The van der Waals surface area contributed by atoms with E-state index in [9.17, 15) is 17.6 Å². The molecule has 0 saturated carbocycles. The number of carbonyl (C=O) groups excluding carboxylic acids is 1. The molecule has 1 aromatic heterocycles. The van der Waals surface area contributed by atoms with Crippen molar-refractivity contribution in [3.63, 3.8) is 0 Å². The van der Waals surface area contributed by atoms with E-state index in [4.69, 9.17) is 9.47 Å². The first-order valence-electron chi connectivity index (χ1n) is 12.6. The number of benzene rings is 2. The molecule has 1 amide bonds. The first-order chi connectivity index (χ1) is 18.5. The monoisotopic (exact) mass is 573 g/mol. The average molecular weight is 574 g/mol. The number of amides is 1. The lowest BCUT2D eigenvalue weighted by Crippen LogP contribution is -2.56. The molecular weight excluding hydrogens is 545 g/mol. The Morgan fingerprint density at radius 3 is 2.69 bits per heavy atom. The fraction of sp³-hybridized carbons (Fsp3) is 0.423. The van der Waals surface area contributed by atoms with E-state index in [1.807, 2.05) is 20.8 Å². The highest BCUT2D eigenvalue weighted by molar-refractivity contribution is 7.93. The van der Waals surface area contributed by atoms with Gasteiger partial charge in [0, 0.05) is 54.8 Å². The SMILES string of the molecule is CC(C)(C)OC(=O)N1CCN2C(C1)c1ccc(F)cc1C1COc3cc(S(=O)(=O)Nc4ncns4)ccc3C12. The van der Waals surface area contributed by atoms with Gasteiger partial charge >= 0.3 is 6.09 Å². The summed E-state index contributed by atoms with van der Waals surface area (Å²) in [6, 6.07) is 9.25. The maximum atomic E-state index is 14.5. The predicted molar refractivity (Wildman–Crippen MR) is 142 cm³/mol. The molecular formula is C26H28FN5O5S2. The Morgan fingerprint density at radius 1 is 1.15 bits per heavy atom. The first-order valence-corrected chi connectivity index (χ1v) is 14.8. The summed E-state index contributed by atoms with van der Waals surface area (Å²) < 4.78 is 58.4. The quantitative estimate of drug-likeness (QED) is 0.493. The topological polar surface area (TPSA) is 114 Å². The van der Waals surface area contributed by atoms with Crippen molar-refractivity contribution in [3.8, 4) is 5.75 Å². The summed E-state index contributed by atoms with van der Waals surface area (Å²) in [4.78, 5) is 20.9. The molecule has 4 heterocycles. The Morgan fingerprint density at radius 2 is 1.95 bits per heavy atom. The molecule has 0 spiro atoms. The van der Waals surface area contributed by atoms with E-state index < -0.39 is 15.6 Å². The largest absolute Gasteiger partial charge is 0.492 e. The molecule has 0 radical (unpaired) electrons. The van der Waals surface area contributed by atoms with Gasteiger partial charge in [0.1, 0.15) is 23.5 Å². The average Bonchev–Trinajstić information content (AvgIpc) is 3.39. The van der Waals surface area contributed by atoms with Crippen LogP contribution in [-0.4, -0.2) is 65.5 Å². The molecule has 0 bridgehead atoms. The molecule has 3 aliphatic heterocycles. The number of hydrogen-bond acceptors (Lipinski definition) is 9. The van der Waals surface area contributed by atoms with Crippen molar-refractivity contribution in [2.45, 2.75) is 49.3 Å². The summed E-state index contributed by atoms with van der Waals surface area (Å²) in [6.07, 6.45) is 0.902. The van der Waals surface area contributed by atoms with Gasteiger partial charge < -0.3 is 14.4 Å². The highest BCUT2D eigenvalue weighted by Gasteiger charge is 2.48. The van der Waals surface area contributed by atoms with Crippen LogP contribution in [0.2, 0.25) is 0 Å². The van der Waals surface area contributed by atoms with Crippen LogP contribution in [0.1, 0.15) is 55.5 Å². The van der Waals surface area contributed by atoms with Gasteiger partial charge in [0.05, 0.1) is 17.5 Å². The van der Waals surface area contributed by atoms with E-state index in [1.165, 1.54) is 18.5 Å². The van der Waals surface area contributed by atoms with E-state index in [0.29, 0.717) is 25.4 Å². The Labute approximate surface area is 230 Å². The van der Waals surface area contributed by atoms with Gasteiger partial charge in [0.25, 0.3) is 10.0 Å². The molecule has 1 saturated heterocycles. The summed E-state index contributed by atoms with van der Waals surface area (Å²) in [5.74, 6) is -0.0326. The molecule has 3 atom stereocenters. The fourth-order valence-corrected chi connectivity index (χ4v) is 7.35. The second-order valence-electron chi connectivity index (χ2n) is 10.9. The number of nitrogens with zero attached hydrogens (tertiary/aromatic N) is 4. The maximum absolute atomic E-state index is 14.5. The zero-order chi connectivity index (χ0) is 27.5. The van der Waals surface area contributed by atoms with Crippen LogP contribution >= 0.6 is 11.5 Å². The predicted octanol–water partition coefficient (Wildman–Crippen LogP) is 4.30. The third-order valence-corrected chi connectivity index (χ3v) is 9.28. The molecule has 39 heavy (non-hydrogen) atoms. The van der Waals surface area contributed by atoms with Crippen LogP contribution in [0.5, 0.6) is 5.75 Å². The van der Waals surface area contributed by atoms with Gasteiger partial charge in [-0.15, -0.1) is 0 Å². The van der Waals surface area contributed by atoms with Gasteiger partial charge in [-0.3, -0.25) is 9.62 Å². The highest BCUT2D eigenvalue weighted by atomic mass is 32.2. The lowest BCUT2D eigenvalue weighted by atomic mass is 9.75. The molecule has 3 unspecified atom stereocenters. The van der Waals surface area contributed by atoms with Crippen molar-refractivity contribution >= 4 is 32.8 Å². The zero-order valence-corrected chi connectivity index (χ0v) is 23.3. The second kappa shape index (κ2) is 9.42. The Kier molecular flexibility index (Phi) is 6.27. The number of halogens is 1. The van der Waals surface area contributed by atoms with Crippen LogP contribution in [0, 0.1) is 5.82 Å². The van der Waals surface area contributed by atoms with Crippen molar-refractivity contribution in [2.75, 3.05) is 31.0 Å². The van der Waals surface area contributed by atoms with Crippen LogP contribution in [0.4, 0.5) is 14.3 Å². The molecule has 10 nitrogen and oxygen atoms in total. The maximum Gasteiger partial charge on any atom is 0.410 e. The number of ether oxygens (including phenoxy) is 2. The lowest BCUT2D eigenvalue weighted by Gasteiger charge is -2.53. The number of nitrogens with one attached hydrogen (secondary N) is 1. The van der Waals surface area contributed by atoms with Gasteiger partial charge in [0.2, 0.25) is 5.13 Å². The fourth-order valence-electron chi connectivity index (χ4n) is 5.67. The molecule has 1 fully saturated rings. The third-order valence-electron chi connectivity index (χ3n) is 7.23. The van der Waals surface area contributed by atoms with Gasteiger partial charge in [-0.25, -0.2) is 22.6 Å². The van der Waals surface area contributed by atoms with Crippen LogP contribution in [0.15, 0.2) is 47.6 Å². The smallest absolute Gasteiger partial charge is 0.410 e. The molecule has 206 valence electrons. The van der Waals surface area contributed by atoms with Crippen LogP contribution in [0.3, 0.4) is 0 Å². The van der Waals surface area contributed by atoms with E-state index in [1.54, 1.807) is 29.2 Å². The number of piperazine rings is 1.